The topological polar surface area (TPSA) is 32.7 Å². The van der Waals surface area contributed by atoms with Crippen LogP contribution in [-0.2, 0) is 4.79 Å². The molecule has 0 saturated heterocycles. The lowest BCUT2D eigenvalue weighted by atomic mass is 10.1. The molecule has 5 heteroatoms. The van der Waals surface area contributed by atoms with Crippen molar-refractivity contribution in [2.45, 2.75) is 19.3 Å². The van der Waals surface area contributed by atoms with Crippen molar-refractivity contribution in [1.82, 2.24) is 0 Å². The molecule has 3 rings (SSSR count). The lowest BCUT2D eigenvalue weighted by Gasteiger charge is -2.15. The normalized spacial score (nSPS) is 22.9. The third-order valence-electron chi connectivity index (χ3n) is 3.21. The Labute approximate surface area is 103 Å². The number of carbonyl (C=O) groups is 1. The Balaban J connectivity index is 2.06. The molecule has 88 valence electrons. The van der Waals surface area contributed by atoms with E-state index in [2.05, 4.69) is 5.10 Å². The Morgan fingerprint density at radius 2 is 2.29 bits per heavy atom. The van der Waals surface area contributed by atoms with Crippen molar-refractivity contribution in [3.05, 3.63) is 29.0 Å². The minimum absolute atomic E-state index is 0.0704. The van der Waals surface area contributed by atoms with Crippen molar-refractivity contribution in [1.29, 1.82) is 0 Å². The van der Waals surface area contributed by atoms with Gasteiger partial charge in [-0.25, -0.2) is 4.39 Å². The molecule has 1 amide bonds. The molecule has 1 aromatic rings. The predicted octanol–water partition coefficient (Wildman–Crippen LogP) is 2.98. The summed E-state index contributed by atoms with van der Waals surface area (Å²) < 4.78 is 13.7. The number of hydrogen-bond donors (Lipinski definition) is 0. The number of fused-ring (bicyclic) bond motifs is 1. The van der Waals surface area contributed by atoms with E-state index in [1.54, 1.807) is 6.07 Å². The molecule has 1 aromatic carbocycles. The Morgan fingerprint density at radius 1 is 1.47 bits per heavy atom. The molecule has 1 fully saturated rings. The number of rotatable bonds is 1. The van der Waals surface area contributed by atoms with Crippen LogP contribution in [-0.4, -0.2) is 11.6 Å². The molecule has 17 heavy (non-hydrogen) atoms. The Kier molecular flexibility index (Phi) is 2.40. The monoisotopic (exact) mass is 252 g/mol. The summed E-state index contributed by atoms with van der Waals surface area (Å²) >= 11 is 5.93. The number of para-hydroxylation sites is 1. The van der Waals surface area contributed by atoms with E-state index in [0.717, 1.165) is 30.0 Å². The van der Waals surface area contributed by atoms with E-state index in [1.807, 2.05) is 0 Å². The van der Waals surface area contributed by atoms with Gasteiger partial charge in [-0.2, -0.15) is 10.1 Å². The molecule has 0 aromatic heterocycles. The zero-order valence-electron chi connectivity index (χ0n) is 8.99. The first kappa shape index (κ1) is 10.7. The van der Waals surface area contributed by atoms with Crippen molar-refractivity contribution in [3.63, 3.8) is 0 Å². The van der Waals surface area contributed by atoms with Crippen LogP contribution in [0.25, 0.3) is 0 Å². The van der Waals surface area contributed by atoms with Crippen LogP contribution in [0.2, 0.25) is 5.02 Å². The van der Waals surface area contributed by atoms with Gasteiger partial charge in [0.2, 0.25) is 0 Å². The molecule has 1 aliphatic carbocycles. The van der Waals surface area contributed by atoms with Crippen molar-refractivity contribution in [3.8, 4) is 0 Å². The molecule has 1 unspecified atom stereocenters. The van der Waals surface area contributed by atoms with Gasteiger partial charge in [-0.3, -0.25) is 4.79 Å². The molecule has 0 spiro atoms. The van der Waals surface area contributed by atoms with E-state index in [1.165, 1.54) is 12.1 Å². The molecular weight excluding hydrogens is 243 g/mol. The van der Waals surface area contributed by atoms with Crippen LogP contribution in [0, 0.1) is 11.7 Å². The number of hydrazone groups is 1. The molecule has 0 N–H and O–H groups in total. The third kappa shape index (κ3) is 1.55. The average molecular weight is 253 g/mol. The zero-order valence-corrected chi connectivity index (χ0v) is 9.75. The van der Waals surface area contributed by atoms with E-state index in [0.29, 0.717) is 0 Å². The Bertz CT molecular complexity index is 509. The number of nitrogens with zero attached hydrogens (tertiary/aromatic N) is 2. The highest BCUT2D eigenvalue weighted by Gasteiger charge is 2.40. The van der Waals surface area contributed by atoms with Crippen LogP contribution in [0.5, 0.6) is 0 Å². The van der Waals surface area contributed by atoms with Crippen LogP contribution in [0.1, 0.15) is 19.3 Å². The fourth-order valence-electron chi connectivity index (χ4n) is 2.39. The van der Waals surface area contributed by atoms with Crippen LogP contribution < -0.4 is 5.01 Å². The second kappa shape index (κ2) is 3.81. The molecule has 1 saturated carbocycles. The van der Waals surface area contributed by atoms with Gasteiger partial charge in [-0.1, -0.05) is 17.7 Å². The van der Waals surface area contributed by atoms with E-state index >= 15 is 0 Å². The van der Waals surface area contributed by atoms with Gasteiger partial charge >= 0.3 is 0 Å². The minimum Gasteiger partial charge on any atom is -0.272 e. The van der Waals surface area contributed by atoms with Gasteiger partial charge in [-0.05, 0) is 31.4 Å². The minimum atomic E-state index is -0.518. The lowest BCUT2D eigenvalue weighted by Crippen LogP contribution is -2.26. The SMILES string of the molecule is O=C1C2CCCC2=NN1c1c(F)cccc1Cl. The van der Waals surface area contributed by atoms with Crippen molar-refractivity contribution in [2.24, 2.45) is 11.0 Å². The summed E-state index contributed by atoms with van der Waals surface area (Å²) in [5, 5.41) is 5.53. The molecule has 1 atom stereocenters. The first-order valence-electron chi connectivity index (χ1n) is 5.54. The fraction of sp³-hybridized carbons (Fsp3) is 0.333. The fourth-order valence-corrected chi connectivity index (χ4v) is 2.63. The number of anilines is 1. The molecule has 3 nitrogen and oxygen atoms in total. The molecule has 0 radical (unpaired) electrons. The Morgan fingerprint density at radius 3 is 3.00 bits per heavy atom. The highest BCUT2D eigenvalue weighted by molar-refractivity contribution is 6.34. The van der Waals surface area contributed by atoms with Gasteiger partial charge < -0.3 is 0 Å². The number of benzene rings is 1. The average Bonchev–Trinajstić information content (AvgIpc) is 2.84. The van der Waals surface area contributed by atoms with E-state index in [4.69, 9.17) is 11.6 Å². The summed E-state index contributed by atoms with van der Waals surface area (Å²) in [4.78, 5) is 12.1. The van der Waals surface area contributed by atoms with Gasteiger partial charge in [0.15, 0.2) is 5.82 Å². The molecule has 0 bridgehead atoms. The number of halogens is 2. The largest absolute Gasteiger partial charge is 0.272 e. The maximum absolute atomic E-state index is 13.7. The number of amides is 1. The zero-order chi connectivity index (χ0) is 12.0. The predicted molar refractivity (Wildman–Crippen MR) is 63.7 cm³/mol. The molecule has 2 aliphatic rings. The summed E-state index contributed by atoms with van der Waals surface area (Å²) in [5.41, 5.74) is 0.926. The first-order valence-corrected chi connectivity index (χ1v) is 5.91. The lowest BCUT2D eigenvalue weighted by molar-refractivity contribution is -0.119. The molecule has 1 aliphatic heterocycles. The number of carbonyl (C=O) groups excluding carboxylic acids is 1. The van der Waals surface area contributed by atoms with Crippen LogP contribution in [0.15, 0.2) is 23.3 Å². The standard InChI is InChI=1S/C12H10ClFN2O/c13-8-4-2-5-9(14)11(8)16-12(17)7-3-1-6-10(7)15-16/h2,4-5,7H,1,3,6H2. The van der Waals surface area contributed by atoms with Gasteiger partial charge in [0.25, 0.3) is 5.91 Å². The van der Waals surface area contributed by atoms with Crippen LogP contribution in [0.3, 0.4) is 0 Å². The maximum Gasteiger partial charge on any atom is 0.256 e. The molecular formula is C12H10ClFN2O. The van der Waals surface area contributed by atoms with E-state index < -0.39 is 5.82 Å². The van der Waals surface area contributed by atoms with Crippen LogP contribution in [0.4, 0.5) is 10.1 Å². The smallest absolute Gasteiger partial charge is 0.256 e. The second-order valence-electron chi connectivity index (χ2n) is 4.26. The van der Waals surface area contributed by atoms with Gasteiger partial charge in [0.05, 0.1) is 16.7 Å². The second-order valence-corrected chi connectivity index (χ2v) is 4.66. The number of hydrogen-bond acceptors (Lipinski definition) is 2. The summed E-state index contributed by atoms with van der Waals surface area (Å²) in [5.74, 6) is -0.842. The molecule has 1 heterocycles. The first-order chi connectivity index (χ1) is 8.18. The highest BCUT2D eigenvalue weighted by Crippen LogP contribution is 2.37. The Hall–Kier alpha value is -1.42. The van der Waals surface area contributed by atoms with Gasteiger partial charge in [0, 0.05) is 0 Å². The van der Waals surface area contributed by atoms with Crippen LogP contribution >= 0.6 is 11.6 Å². The summed E-state index contributed by atoms with van der Waals surface area (Å²) in [6.07, 6.45) is 2.60. The van der Waals surface area contributed by atoms with Crippen molar-refractivity contribution >= 4 is 28.9 Å². The van der Waals surface area contributed by atoms with E-state index in [9.17, 15) is 9.18 Å². The summed E-state index contributed by atoms with van der Waals surface area (Å²) in [6.45, 7) is 0. The third-order valence-corrected chi connectivity index (χ3v) is 3.52. The van der Waals surface area contributed by atoms with Crippen molar-refractivity contribution in [2.75, 3.05) is 5.01 Å². The highest BCUT2D eigenvalue weighted by atomic mass is 35.5. The maximum atomic E-state index is 13.7. The summed E-state index contributed by atoms with van der Waals surface area (Å²) in [6, 6.07) is 4.35. The van der Waals surface area contributed by atoms with Gasteiger partial charge in [0.1, 0.15) is 5.69 Å². The summed E-state index contributed by atoms with van der Waals surface area (Å²) in [7, 11) is 0. The van der Waals surface area contributed by atoms with E-state index in [-0.39, 0.29) is 22.5 Å². The quantitative estimate of drug-likeness (QED) is 0.756. The van der Waals surface area contributed by atoms with Crippen molar-refractivity contribution < 1.29 is 9.18 Å². The van der Waals surface area contributed by atoms with Gasteiger partial charge in [-0.15, -0.1) is 0 Å².